The summed E-state index contributed by atoms with van der Waals surface area (Å²) in [6.45, 7) is 9.50. The first-order valence-electron chi connectivity index (χ1n) is 9.51. The standard InChI is InChI=1S/C21H30FNO4/c1-6-7-15-12-16(25)13-17(22)18(15)21(14(2)24)8-10-23(11-9-21)19(26)27-20(3,4)5/h12-13,25H,6-11H2,1-5H3. The third-order valence-corrected chi connectivity index (χ3v) is 5.10. The lowest BCUT2D eigenvalue weighted by atomic mass is 9.68. The molecule has 0 saturated carbocycles. The van der Waals surface area contributed by atoms with E-state index in [0.29, 0.717) is 43.5 Å². The van der Waals surface area contributed by atoms with Gasteiger partial charge in [-0.05, 0) is 58.6 Å². The van der Waals surface area contributed by atoms with Gasteiger partial charge >= 0.3 is 6.09 Å². The van der Waals surface area contributed by atoms with Gasteiger partial charge in [-0.15, -0.1) is 0 Å². The number of phenols is 1. The lowest BCUT2D eigenvalue weighted by molar-refractivity contribution is -0.124. The van der Waals surface area contributed by atoms with E-state index in [1.54, 1.807) is 31.7 Å². The normalized spacial score (nSPS) is 16.9. The molecule has 0 aliphatic carbocycles. The molecule has 1 amide bonds. The van der Waals surface area contributed by atoms with Crippen molar-refractivity contribution in [2.75, 3.05) is 13.1 Å². The highest BCUT2D eigenvalue weighted by molar-refractivity contribution is 5.89. The Morgan fingerprint density at radius 3 is 2.33 bits per heavy atom. The molecule has 0 atom stereocenters. The van der Waals surface area contributed by atoms with Gasteiger partial charge in [-0.1, -0.05) is 13.3 Å². The third-order valence-electron chi connectivity index (χ3n) is 5.10. The molecule has 0 radical (unpaired) electrons. The van der Waals surface area contributed by atoms with Crippen LogP contribution in [0.4, 0.5) is 9.18 Å². The van der Waals surface area contributed by atoms with Gasteiger partial charge < -0.3 is 14.7 Å². The van der Waals surface area contributed by atoms with E-state index >= 15 is 0 Å². The molecule has 1 fully saturated rings. The number of aryl methyl sites for hydroxylation is 1. The molecule has 150 valence electrons. The monoisotopic (exact) mass is 379 g/mol. The fourth-order valence-corrected chi connectivity index (χ4v) is 3.83. The van der Waals surface area contributed by atoms with Crippen molar-refractivity contribution in [3.05, 3.63) is 29.1 Å². The number of aromatic hydroxyl groups is 1. The number of amides is 1. The minimum absolute atomic E-state index is 0.117. The fourth-order valence-electron chi connectivity index (χ4n) is 3.83. The number of rotatable bonds is 4. The average Bonchev–Trinajstić information content (AvgIpc) is 2.53. The van der Waals surface area contributed by atoms with Crippen LogP contribution in [0.25, 0.3) is 0 Å². The highest BCUT2D eigenvalue weighted by atomic mass is 19.1. The molecule has 0 aromatic heterocycles. The van der Waals surface area contributed by atoms with Crippen molar-refractivity contribution in [3.63, 3.8) is 0 Å². The van der Waals surface area contributed by atoms with Crippen LogP contribution in [0, 0.1) is 5.82 Å². The summed E-state index contributed by atoms with van der Waals surface area (Å²) in [6.07, 6.45) is 1.60. The zero-order chi connectivity index (χ0) is 20.4. The molecule has 2 rings (SSSR count). The molecular weight excluding hydrogens is 349 g/mol. The number of carbonyl (C=O) groups is 2. The molecule has 27 heavy (non-hydrogen) atoms. The van der Waals surface area contributed by atoms with Crippen LogP contribution in [-0.4, -0.2) is 40.6 Å². The zero-order valence-corrected chi connectivity index (χ0v) is 16.9. The molecule has 6 heteroatoms. The second-order valence-corrected chi connectivity index (χ2v) is 8.32. The smallest absolute Gasteiger partial charge is 0.410 e. The van der Waals surface area contributed by atoms with Crippen molar-refractivity contribution < 1.29 is 23.8 Å². The topological polar surface area (TPSA) is 66.8 Å². The van der Waals surface area contributed by atoms with Gasteiger partial charge in [0.1, 0.15) is 23.0 Å². The van der Waals surface area contributed by atoms with Gasteiger partial charge in [0.15, 0.2) is 0 Å². The third kappa shape index (κ3) is 4.60. The molecule has 1 saturated heterocycles. The van der Waals surface area contributed by atoms with Crippen LogP contribution in [0.15, 0.2) is 12.1 Å². The van der Waals surface area contributed by atoms with Crippen molar-refractivity contribution in [3.8, 4) is 5.75 Å². The molecule has 0 spiro atoms. The van der Waals surface area contributed by atoms with Crippen LogP contribution < -0.4 is 0 Å². The number of piperidine rings is 1. The van der Waals surface area contributed by atoms with Gasteiger partial charge in [0.05, 0.1) is 5.41 Å². The second-order valence-electron chi connectivity index (χ2n) is 8.32. The van der Waals surface area contributed by atoms with Gasteiger partial charge in [-0.3, -0.25) is 4.79 Å². The van der Waals surface area contributed by atoms with Crippen molar-refractivity contribution in [2.45, 2.75) is 71.3 Å². The number of hydrogen-bond acceptors (Lipinski definition) is 4. The maximum Gasteiger partial charge on any atom is 0.410 e. The first kappa shape index (κ1) is 21.2. The number of Topliss-reactive ketones (excluding diaryl/α,β-unsaturated/α-hetero) is 1. The Hall–Kier alpha value is -2.11. The van der Waals surface area contributed by atoms with Crippen molar-refractivity contribution >= 4 is 11.9 Å². The minimum atomic E-state index is -0.985. The highest BCUT2D eigenvalue weighted by Crippen LogP contribution is 2.41. The summed E-state index contributed by atoms with van der Waals surface area (Å²) in [5.74, 6) is -0.808. The molecule has 1 N–H and O–H groups in total. The number of phenolic OH excluding ortho intramolecular Hbond substituents is 1. The maximum atomic E-state index is 14.9. The van der Waals surface area contributed by atoms with Crippen molar-refractivity contribution in [2.24, 2.45) is 0 Å². The van der Waals surface area contributed by atoms with Gasteiger partial charge in [0.2, 0.25) is 0 Å². The predicted molar refractivity (Wildman–Crippen MR) is 101 cm³/mol. The summed E-state index contributed by atoms with van der Waals surface area (Å²) in [4.78, 5) is 26.6. The van der Waals surface area contributed by atoms with Crippen LogP contribution in [-0.2, 0) is 21.4 Å². The molecule has 1 heterocycles. The van der Waals surface area contributed by atoms with E-state index in [2.05, 4.69) is 0 Å². The summed E-state index contributed by atoms with van der Waals surface area (Å²) in [7, 11) is 0. The summed E-state index contributed by atoms with van der Waals surface area (Å²) < 4.78 is 20.3. The Labute approximate surface area is 160 Å². The van der Waals surface area contributed by atoms with Gasteiger partial charge in [0, 0.05) is 24.7 Å². The Kier molecular flexibility index (Phi) is 6.17. The SMILES string of the molecule is CCCc1cc(O)cc(F)c1C1(C(C)=O)CCN(C(=O)OC(C)(C)C)CC1. The number of ketones is 1. The maximum absolute atomic E-state index is 14.9. The van der Waals surface area contributed by atoms with Gasteiger partial charge in [0.25, 0.3) is 0 Å². The van der Waals surface area contributed by atoms with Gasteiger partial charge in [-0.25, -0.2) is 9.18 Å². The number of likely N-dealkylation sites (tertiary alicyclic amines) is 1. The molecule has 5 nitrogen and oxygen atoms in total. The molecule has 1 aromatic rings. The summed E-state index contributed by atoms with van der Waals surface area (Å²) in [5.41, 5.74) is -0.543. The summed E-state index contributed by atoms with van der Waals surface area (Å²) in [6, 6.07) is 2.62. The first-order valence-corrected chi connectivity index (χ1v) is 9.51. The van der Waals surface area contributed by atoms with E-state index in [4.69, 9.17) is 4.74 Å². The van der Waals surface area contributed by atoms with Crippen molar-refractivity contribution in [1.82, 2.24) is 4.90 Å². The van der Waals surface area contributed by atoms with Gasteiger partial charge in [-0.2, -0.15) is 0 Å². The second kappa shape index (κ2) is 7.87. The van der Waals surface area contributed by atoms with E-state index in [1.165, 1.54) is 6.92 Å². The fraction of sp³-hybridized carbons (Fsp3) is 0.619. The Morgan fingerprint density at radius 2 is 1.85 bits per heavy atom. The lowest BCUT2D eigenvalue weighted by Gasteiger charge is -2.41. The number of hydrogen-bond donors (Lipinski definition) is 1. The van der Waals surface area contributed by atoms with Crippen LogP contribution in [0.1, 0.15) is 65.0 Å². The van der Waals surface area contributed by atoms with E-state index in [0.717, 1.165) is 12.5 Å². The molecule has 0 unspecified atom stereocenters. The molecule has 1 aliphatic rings. The quantitative estimate of drug-likeness (QED) is 0.845. The van der Waals surface area contributed by atoms with Crippen LogP contribution in [0.2, 0.25) is 0 Å². The number of halogens is 1. The predicted octanol–water partition coefficient (Wildman–Crippen LogP) is 4.34. The molecule has 1 aliphatic heterocycles. The number of nitrogens with zero attached hydrogens (tertiary/aromatic N) is 1. The molecule has 1 aromatic carbocycles. The Morgan fingerprint density at radius 1 is 1.26 bits per heavy atom. The van der Waals surface area contributed by atoms with Crippen molar-refractivity contribution in [1.29, 1.82) is 0 Å². The van der Waals surface area contributed by atoms with Crippen LogP contribution in [0.5, 0.6) is 5.75 Å². The van der Waals surface area contributed by atoms with E-state index in [-0.39, 0.29) is 11.5 Å². The lowest BCUT2D eigenvalue weighted by Crippen LogP contribution is -2.50. The number of benzene rings is 1. The molecule has 0 bridgehead atoms. The van der Waals surface area contributed by atoms with E-state index < -0.39 is 22.9 Å². The summed E-state index contributed by atoms with van der Waals surface area (Å²) in [5, 5.41) is 9.79. The Balaban J connectivity index is 2.35. The average molecular weight is 379 g/mol. The number of carbonyl (C=O) groups excluding carboxylic acids is 2. The van der Waals surface area contributed by atoms with Crippen LogP contribution >= 0.6 is 0 Å². The van der Waals surface area contributed by atoms with E-state index in [9.17, 15) is 19.1 Å². The highest BCUT2D eigenvalue weighted by Gasteiger charge is 2.45. The summed E-state index contributed by atoms with van der Waals surface area (Å²) >= 11 is 0. The van der Waals surface area contributed by atoms with E-state index in [1.807, 2.05) is 6.92 Å². The molecular formula is C21H30FNO4. The number of ether oxygens (including phenoxy) is 1. The first-order chi connectivity index (χ1) is 12.5. The largest absolute Gasteiger partial charge is 0.508 e. The zero-order valence-electron chi connectivity index (χ0n) is 16.9. The minimum Gasteiger partial charge on any atom is -0.508 e. The van der Waals surface area contributed by atoms with Crippen LogP contribution in [0.3, 0.4) is 0 Å². The Bertz CT molecular complexity index is 716.